The van der Waals surface area contributed by atoms with Gasteiger partial charge in [0.2, 0.25) is 11.7 Å². The Labute approximate surface area is 89.5 Å². The van der Waals surface area contributed by atoms with E-state index in [1.807, 2.05) is 0 Å². The first-order valence-corrected chi connectivity index (χ1v) is 4.41. The Morgan fingerprint density at radius 3 is 2.75 bits per heavy atom. The smallest absolute Gasteiger partial charge is 0.335 e. The molecule has 2 rings (SSSR count). The van der Waals surface area contributed by atoms with Crippen molar-refractivity contribution in [3.05, 3.63) is 35.5 Å². The highest BCUT2D eigenvalue weighted by Crippen LogP contribution is 2.20. The fourth-order valence-corrected chi connectivity index (χ4v) is 1.24. The molecule has 6 heteroatoms. The molecular weight excluding hydrogens is 215 g/mol. The first kappa shape index (κ1) is 10.3. The van der Waals surface area contributed by atoms with Crippen molar-refractivity contribution < 1.29 is 18.8 Å². The number of rotatable bonds is 2. The highest BCUT2D eigenvalue weighted by Gasteiger charge is 2.13. The molecule has 1 aromatic carbocycles. The van der Waals surface area contributed by atoms with Gasteiger partial charge in [-0.15, -0.1) is 0 Å². The number of aromatic nitrogens is 2. The summed E-state index contributed by atoms with van der Waals surface area (Å²) in [5, 5.41) is 12.2. The number of carbonyl (C=O) groups is 1. The van der Waals surface area contributed by atoms with E-state index < -0.39 is 11.8 Å². The quantitative estimate of drug-likeness (QED) is 0.839. The van der Waals surface area contributed by atoms with E-state index in [9.17, 15) is 9.18 Å². The van der Waals surface area contributed by atoms with Gasteiger partial charge in [-0.25, -0.2) is 9.18 Å². The number of hydrogen-bond acceptors (Lipinski definition) is 4. The van der Waals surface area contributed by atoms with Gasteiger partial charge in [0, 0.05) is 6.92 Å². The molecule has 16 heavy (non-hydrogen) atoms. The van der Waals surface area contributed by atoms with Crippen molar-refractivity contribution in [2.24, 2.45) is 0 Å². The summed E-state index contributed by atoms with van der Waals surface area (Å²) in [6, 6.07) is 3.51. The lowest BCUT2D eigenvalue weighted by Crippen LogP contribution is -1.98. The molecule has 1 heterocycles. The van der Waals surface area contributed by atoms with E-state index in [1.165, 1.54) is 12.1 Å². The summed E-state index contributed by atoms with van der Waals surface area (Å²) in [5.41, 5.74) is -0.0108. The Morgan fingerprint density at radius 1 is 1.50 bits per heavy atom. The van der Waals surface area contributed by atoms with Crippen LogP contribution in [0, 0.1) is 12.7 Å². The van der Waals surface area contributed by atoms with Crippen LogP contribution in [0.15, 0.2) is 22.7 Å². The van der Waals surface area contributed by atoms with Crippen LogP contribution in [0.5, 0.6) is 0 Å². The predicted octanol–water partition coefficient (Wildman–Crippen LogP) is 1.88. The van der Waals surface area contributed by atoms with Crippen molar-refractivity contribution >= 4 is 5.97 Å². The normalized spacial score (nSPS) is 10.4. The molecule has 0 aliphatic carbocycles. The molecule has 2 aromatic rings. The zero-order valence-electron chi connectivity index (χ0n) is 8.27. The SMILES string of the molecule is Cc1nc(-c2ccc(C(=O)O)cc2F)no1. The fraction of sp³-hybridized carbons (Fsp3) is 0.100. The van der Waals surface area contributed by atoms with Crippen molar-refractivity contribution in [3.8, 4) is 11.4 Å². The van der Waals surface area contributed by atoms with Gasteiger partial charge in [0.1, 0.15) is 5.82 Å². The van der Waals surface area contributed by atoms with E-state index in [0.29, 0.717) is 5.89 Å². The molecule has 0 saturated carbocycles. The van der Waals surface area contributed by atoms with Gasteiger partial charge >= 0.3 is 5.97 Å². The third kappa shape index (κ3) is 1.77. The van der Waals surface area contributed by atoms with Crippen LogP contribution in [0.1, 0.15) is 16.2 Å². The average molecular weight is 222 g/mol. The summed E-state index contributed by atoms with van der Waals surface area (Å²) >= 11 is 0. The highest BCUT2D eigenvalue weighted by molar-refractivity contribution is 5.88. The van der Waals surface area contributed by atoms with Gasteiger partial charge in [0.15, 0.2) is 0 Å². The Bertz CT molecular complexity index is 551. The van der Waals surface area contributed by atoms with Crippen LogP contribution in [-0.2, 0) is 0 Å². The van der Waals surface area contributed by atoms with Gasteiger partial charge in [-0.2, -0.15) is 4.98 Å². The maximum absolute atomic E-state index is 13.5. The number of carboxylic acids is 1. The molecule has 0 bridgehead atoms. The molecule has 0 aliphatic heterocycles. The van der Waals surface area contributed by atoms with Crippen molar-refractivity contribution in [2.75, 3.05) is 0 Å². The topological polar surface area (TPSA) is 76.2 Å². The van der Waals surface area contributed by atoms with Gasteiger partial charge in [-0.3, -0.25) is 0 Å². The summed E-state index contributed by atoms with van der Waals surface area (Å²) < 4.78 is 18.2. The minimum Gasteiger partial charge on any atom is -0.478 e. The Balaban J connectivity index is 2.47. The van der Waals surface area contributed by atoms with E-state index >= 15 is 0 Å². The summed E-state index contributed by atoms with van der Waals surface area (Å²) in [6.07, 6.45) is 0. The van der Waals surface area contributed by atoms with Gasteiger partial charge in [-0.1, -0.05) is 5.16 Å². The van der Waals surface area contributed by atoms with Crippen molar-refractivity contribution in [1.82, 2.24) is 10.1 Å². The lowest BCUT2D eigenvalue weighted by Gasteiger charge is -1.98. The number of aromatic carboxylic acids is 1. The number of hydrogen-bond donors (Lipinski definition) is 1. The summed E-state index contributed by atoms with van der Waals surface area (Å²) in [4.78, 5) is 14.4. The van der Waals surface area contributed by atoms with Crippen molar-refractivity contribution in [1.29, 1.82) is 0 Å². The maximum Gasteiger partial charge on any atom is 0.335 e. The zero-order valence-corrected chi connectivity index (χ0v) is 8.27. The monoisotopic (exact) mass is 222 g/mol. The van der Waals surface area contributed by atoms with E-state index in [-0.39, 0.29) is 17.0 Å². The van der Waals surface area contributed by atoms with Gasteiger partial charge in [0.25, 0.3) is 0 Å². The van der Waals surface area contributed by atoms with E-state index in [2.05, 4.69) is 10.1 Å². The molecule has 0 unspecified atom stereocenters. The summed E-state index contributed by atoms with van der Waals surface area (Å²) in [5.74, 6) is -1.46. The number of carboxylic acid groups (broad SMARTS) is 1. The van der Waals surface area contributed by atoms with Crippen LogP contribution in [0.2, 0.25) is 0 Å². The molecule has 0 saturated heterocycles. The predicted molar refractivity (Wildman–Crippen MR) is 51.4 cm³/mol. The summed E-state index contributed by atoms with van der Waals surface area (Å²) in [7, 11) is 0. The van der Waals surface area contributed by atoms with E-state index in [4.69, 9.17) is 9.63 Å². The van der Waals surface area contributed by atoms with Crippen LogP contribution in [0.3, 0.4) is 0 Å². The zero-order chi connectivity index (χ0) is 11.7. The van der Waals surface area contributed by atoms with Crippen LogP contribution in [0.4, 0.5) is 4.39 Å². The number of nitrogens with zero attached hydrogens (tertiary/aromatic N) is 2. The lowest BCUT2D eigenvalue weighted by atomic mass is 10.1. The molecule has 0 aliphatic rings. The lowest BCUT2D eigenvalue weighted by molar-refractivity contribution is 0.0696. The first-order chi connectivity index (χ1) is 7.58. The third-order valence-electron chi connectivity index (χ3n) is 1.98. The largest absolute Gasteiger partial charge is 0.478 e. The summed E-state index contributed by atoms with van der Waals surface area (Å²) in [6.45, 7) is 1.58. The average Bonchev–Trinajstić information content (AvgIpc) is 2.64. The second-order valence-electron chi connectivity index (χ2n) is 3.14. The van der Waals surface area contributed by atoms with Crippen LogP contribution in [0.25, 0.3) is 11.4 Å². The molecule has 0 spiro atoms. The van der Waals surface area contributed by atoms with Gasteiger partial charge < -0.3 is 9.63 Å². The van der Waals surface area contributed by atoms with Crippen LogP contribution >= 0.6 is 0 Å². The van der Waals surface area contributed by atoms with E-state index in [0.717, 1.165) is 6.07 Å². The molecule has 1 aromatic heterocycles. The molecule has 0 atom stereocenters. The second-order valence-corrected chi connectivity index (χ2v) is 3.14. The molecule has 0 fully saturated rings. The highest BCUT2D eigenvalue weighted by atomic mass is 19.1. The fourth-order valence-electron chi connectivity index (χ4n) is 1.24. The number of benzene rings is 1. The van der Waals surface area contributed by atoms with Gasteiger partial charge in [-0.05, 0) is 18.2 Å². The molecule has 0 radical (unpaired) electrons. The molecule has 1 N–H and O–H groups in total. The minimum absolute atomic E-state index is 0.104. The number of halogens is 1. The van der Waals surface area contributed by atoms with E-state index in [1.54, 1.807) is 6.92 Å². The van der Waals surface area contributed by atoms with Crippen LogP contribution < -0.4 is 0 Å². The second kappa shape index (κ2) is 3.73. The third-order valence-corrected chi connectivity index (χ3v) is 1.98. The molecule has 5 nitrogen and oxygen atoms in total. The number of aryl methyl sites for hydroxylation is 1. The Hall–Kier alpha value is -2.24. The van der Waals surface area contributed by atoms with Crippen molar-refractivity contribution in [3.63, 3.8) is 0 Å². The van der Waals surface area contributed by atoms with Crippen LogP contribution in [-0.4, -0.2) is 21.2 Å². The molecule has 82 valence electrons. The maximum atomic E-state index is 13.5. The van der Waals surface area contributed by atoms with Gasteiger partial charge in [0.05, 0.1) is 11.1 Å². The first-order valence-electron chi connectivity index (χ1n) is 4.41. The Morgan fingerprint density at radius 2 is 2.25 bits per heavy atom. The molecule has 0 amide bonds. The minimum atomic E-state index is -1.19. The molecular formula is C10H7FN2O3. The standard InChI is InChI=1S/C10H7FN2O3/c1-5-12-9(13-16-5)7-3-2-6(10(14)15)4-8(7)11/h2-4H,1H3,(H,14,15). The van der Waals surface area contributed by atoms with Crippen molar-refractivity contribution in [2.45, 2.75) is 6.92 Å². The Kier molecular flexibility index (Phi) is 2.40.